The zero-order valence-corrected chi connectivity index (χ0v) is 34.6. The van der Waals surface area contributed by atoms with Crippen LogP contribution in [0.15, 0.2) is 47.8 Å². The molecule has 3 aromatic heterocycles. The number of fused-ring (bicyclic) bond motifs is 3. The number of nitrogens with one attached hydrogen (secondary N) is 2. The van der Waals surface area contributed by atoms with E-state index in [4.69, 9.17) is 4.98 Å². The number of carbonyl (C=O) groups excluding carboxylic acids is 3. The van der Waals surface area contributed by atoms with Crippen LogP contribution in [-0.4, -0.2) is 116 Å². The Labute approximate surface area is 348 Å². The second-order valence-electron chi connectivity index (χ2n) is 17.5. The summed E-state index contributed by atoms with van der Waals surface area (Å²) in [5.74, 6) is 1.81. The first kappa shape index (κ1) is 39.1. The Morgan fingerprint density at radius 2 is 1.73 bits per heavy atom. The van der Waals surface area contributed by atoms with Crippen molar-refractivity contribution in [3.63, 3.8) is 0 Å². The summed E-state index contributed by atoms with van der Waals surface area (Å²) in [6.07, 6.45) is 10.9. The minimum atomic E-state index is -3.81. The number of aromatic nitrogens is 5. The number of imide groups is 1. The van der Waals surface area contributed by atoms with Crippen LogP contribution in [0.25, 0.3) is 10.9 Å². The molecule has 17 nitrogen and oxygen atoms in total. The molecule has 10 rings (SSSR count). The average Bonchev–Trinajstić information content (AvgIpc) is 3.94. The number of aliphatic hydroxyl groups is 1. The predicted molar refractivity (Wildman–Crippen MR) is 222 cm³/mol. The van der Waals surface area contributed by atoms with Gasteiger partial charge in [0.1, 0.15) is 5.82 Å². The van der Waals surface area contributed by atoms with E-state index in [1.54, 1.807) is 23.1 Å². The van der Waals surface area contributed by atoms with E-state index in [9.17, 15) is 27.9 Å². The van der Waals surface area contributed by atoms with Crippen molar-refractivity contribution in [2.24, 2.45) is 7.05 Å². The number of likely N-dealkylation sites (tertiary alicyclic amines) is 1. The maximum Gasteiger partial charge on any atom is 0.329 e. The van der Waals surface area contributed by atoms with Crippen LogP contribution in [0.5, 0.6) is 0 Å². The van der Waals surface area contributed by atoms with E-state index in [0.717, 1.165) is 80.1 Å². The van der Waals surface area contributed by atoms with Crippen molar-refractivity contribution in [2.45, 2.75) is 112 Å². The maximum atomic E-state index is 13.9. The van der Waals surface area contributed by atoms with E-state index in [0.29, 0.717) is 68.9 Å². The Morgan fingerprint density at radius 1 is 0.933 bits per heavy atom. The lowest BCUT2D eigenvalue weighted by Gasteiger charge is -2.34. The number of urea groups is 1. The highest BCUT2D eigenvalue weighted by molar-refractivity contribution is 7.89. The van der Waals surface area contributed by atoms with Crippen molar-refractivity contribution < 1.29 is 27.9 Å². The molecule has 7 heterocycles. The molecule has 1 spiro atoms. The summed E-state index contributed by atoms with van der Waals surface area (Å²) in [5, 5.41) is 21.7. The first-order valence-corrected chi connectivity index (χ1v) is 22.8. The third-order valence-corrected chi connectivity index (χ3v) is 15.5. The lowest BCUT2D eigenvalue weighted by Crippen LogP contribution is -2.49. The van der Waals surface area contributed by atoms with Gasteiger partial charge in [0.05, 0.1) is 17.0 Å². The van der Waals surface area contributed by atoms with Crippen LogP contribution in [0.4, 0.5) is 22.4 Å². The minimum Gasteiger partial charge on any atom is -0.393 e. The van der Waals surface area contributed by atoms with E-state index in [2.05, 4.69) is 42.7 Å². The Bertz CT molecular complexity index is 2470. The number of rotatable bonds is 9. The lowest BCUT2D eigenvalue weighted by molar-refractivity contribution is -0.121. The normalized spacial score (nSPS) is 24.3. The van der Waals surface area contributed by atoms with Gasteiger partial charge in [-0.15, -0.1) is 0 Å². The van der Waals surface area contributed by atoms with Gasteiger partial charge in [-0.05, 0) is 119 Å². The van der Waals surface area contributed by atoms with Gasteiger partial charge in [0, 0.05) is 75.1 Å². The second-order valence-corrected chi connectivity index (χ2v) is 19.4. The van der Waals surface area contributed by atoms with Gasteiger partial charge in [-0.3, -0.25) is 34.3 Å². The van der Waals surface area contributed by atoms with Gasteiger partial charge in [0.25, 0.3) is 10.0 Å². The van der Waals surface area contributed by atoms with E-state index in [1.807, 2.05) is 24.1 Å². The summed E-state index contributed by atoms with van der Waals surface area (Å²) >= 11 is 0. The number of amides is 4. The number of aryl methyl sites for hydroxylation is 1. The SMILES string of the molecule is Cn1nc(N2CCC(=O)NC2=O)c2ccc(C3CCN(Cc4ccnc(S(=O)(=O)N5CCC(Nc6ncc7c(n6)N([C@@H]6CCCC(O)C6)C(=O)C76CC6)CC5)c4)CC3)cc21. The van der Waals surface area contributed by atoms with Gasteiger partial charge in [0.2, 0.25) is 17.8 Å². The van der Waals surface area contributed by atoms with Crippen LogP contribution in [0.3, 0.4) is 0 Å². The van der Waals surface area contributed by atoms with Crippen LogP contribution >= 0.6 is 0 Å². The predicted octanol–water partition coefficient (Wildman–Crippen LogP) is 3.53. The molecule has 4 amide bonds. The molecule has 316 valence electrons. The fourth-order valence-corrected chi connectivity index (χ4v) is 11.6. The van der Waals surface area contributed by atoms with E-state index in [-0.39, 0.29) is 35.3 Å². The number of anilines is 3. The number of hydrogen-bond acceptors (Lipinski definition) is 12. The molecule has 3 N–H and O–H groups in total. The van der Waals surface area contributed by atoms with Crippen molar-refractivity contribution in [1.29, 1.82) is 0 Å². The van der Waals surface area contributed by atoms with Gasteiger partial charge in [0.15, 0.2) is 10.8 Å². The average molecular weight is 838 g/mol. The number of benzene rings is 1. The molecular formula is C42H51N11O6S. The molecular weight excluding hydrogens is 787 g/mol. The molecule has 0 radical (unpaired) electrons. The summed E-state index contributed by atoms with van der Waals surface area (Å²) in [7, 11) is -1.94. The smallest absolute Gasteiger partial charge is 0.329 e. The van der Waals surface area contributed by atoms with Crippen LogP contribution in [0.1, 0.15) is 93.2 Å². The number of carbonyl (C=O) groups is 3. The highest BCUT2D eigenvalue weighted by Gasteiger charge is 2.61. The molecule has 2 atom stereocenters. The van der Waals surface area contributed by atoms with Crippen LogP contribution < -0.4 is 20.4 Å². The van der Waals surface area contributed by atoms with Gasteiger partial charge in [-0.1, -0.05) is 6.07 Å². The third-order valence-electron chi connectivity index (χ3n) is 13.7. The zero-order chi connectivity index (χ0) is 41.3. The molecule has 4 aromatic rings. The van der Waals surface area contributed by atoms with Crippen LogP contribution in [0, 0.1) is 0 Å². The molecule has 2 saturated carbocycles. The summed E-state index contributed by atoms with van der Waals surface area (Å²) in [4.78, 5) is 57.4. The summed E-state index contributed by atoms with van der Waals surface area (Å²) in [5.41, 5.74) is 3.44. The van der Waals surface area contributed by atoms with Gasteiger partial charge in [-0.2, -0.15) is 14.4 Å². The van der Waals surface area contributed by atoms with Crippen LogP contribution in [0.2, 0.25) is 0 Å². The number of pyridine rings is 1. The summed E-state index contributed by atoms with van der Waals surface area (Å²) < 4.78 is 31.1. The highest BCUT2D eigenvalue weighted by atomic mass is 32.2. The van der Waals surface area contributed by atoms with Crippen LogP contribution in [-0.2, 0) is 38.6 Å². The van der Waals surface area contributed by atoms with Gasteiger partial charge in [-0.25, -0.2) is 23.2 Å². The number of hydrogen-bond donors (Lipinski definition) is 3. The molecule has 18 heteroatoms. The second kappa shape index (κ2) is 15.1. The van der Waals surface area contributed by atoms with E-state index < -0.39 is 27.6 Å². The van der Waals surface area contributed by atoms with E-state index >= 15 is 0 Å². The minimum absolute atomic E-state index is 0.0342. The first-order chi connectivity index (χ1) is 29.0. The lowest BCUT2D eigenvalue weighted by atomic mass is 9.89. The quantitative estimate of drug-likeness (QED) is 0.222. The fraction of sp³-hybridized carbons (Fsp3) is 0.548. The van der Waals surface area contributed by atoms with Gasteiger partial charge < -0.3 is 10.4 Å². The number of aliphatic hydroxyl groups excluding tert-OH is 1. The molecule has 6 aliphatic rings. The molecule has 5 fully saturated rings. The molecule has 2 aliphatic carbocycles. The Hall–Kier alpha value is -5.04. The number of nitrogens with zero attached hydrogens (tertiary/aromatic N) is 9. The standard InChI is InChI=1S/C42H51N11O6S/c1-49-34-22-28(5-6-32(34)37(48-49)52-20-12-35(55)46-41(52)57)27-8-16-50(17-9-27)25-26-7-15-43-36(21-26)60(58,59)51-18-10-29(11-19-51)45-40-44-24-33-38(47-40)53(39(56)42(33)13-14-42)30-3-2-4-31(54)23-30/h5-7,15,21-22,24,27,29-31,54H,2-4,8-14,16-20,23,25H2,1H3,(H,44,45,47)(H,46,55,57)/t30-,31?/m1/s1. The zero-order valence-electron chi connectivity index (χ0n) is 33.8. The molecule has 4 aliphatic heterocycles. The summed E-state index contributed by atoms with van der Waals surface area (Å²) in [6, 6.07) is 9.34. The highest BCUT2D eigenvalue weighted by Crippen LogP contribution is 2.57. The fourth-order valence-electron chi connectivity index (χ4n) is 10.1. The van der Waals surface area contributed by atoms with Crippen molar-refractivity contribution in [3.8, 4) is 0 Å². The third kappa shape index (κ3) is 7.00. The van der Waals surface area contributed by atoms with Crippen molar-refractivity contribution in [2.75, 3.05) is 47.8 Å². The maximum absolute atomic E-state index is 13.9. The molecule has 1 unspecified atom stereocenters. The molecule has 1 aromatic carbocycles. The molecule has 60 heavy (non-hydrogen) atoms. The summed E-state index contributed by atoms with van der Waals surface area (Å²) in [6.45, 7) is 3.31. The largest absolute Gasteiger partial charge is 0.393 e. The number of sulfonamides is 1. The van der Waals surface area contributed by atoms with Gasteiger partial charge >= 0.3 is 6.03 Å². The Kier molecular flexibility index (Phi) is 9.88. The van der Waals surface area contributed by atoms with Crippen molar-refractivity contribution in [3.05, 3.63) is 59.4 Å². The Balaban J connectivity index is 0.741. The number of piperidine rings is 2. The Morgan fingerprint density at radius 3 is 2.48 bits per heavy atom. The monoisotopic (exact) mass is 837 g/mol. The van der Waals surface area contributed by atoms with Crippen molar-refractivity contribution >= 4 is 56.4 Å². The molecule has 0 bridgehead atoms. The molecule has 3 saturated heterocycles. The van der Waals surface area contributed by atoms with E-state index in [1.165, 1.54) is 14.8 Å². The topological polar surface area (TPSA) is 199 Å². The first-order valence-electron chi connectivity index (χ1n) is 21.4. The van der Waals surface area contributed by atoms with Crippen molar-refractivity contribution in [1.82, 2.24) is 39.3 Å².